The summed E-state index contributed by atoms with van der Waals surface area (Å²) in [6.07, 6.45) is 3.16. The monoisotopic (exact) mass is 398 g/mol. The smallest absolute Gasteiger partial charge is 0.338 e. The first kappa shape index (κ1) is 20.1. The summed E-state index contributed by atoms with van der Waals surface area (Å²) < 4.78 is 10.5. The highest BCUT2D eigenvalue weighted by Gasteiger charge is 2.22. The third-order valence-corrected chi connectivity index (χ3v) is 5.27. The molecule has 2 N–H and O–H groups in total. The number of nitrogens with one attached hydrogen (secondary N) is 2. The molecule has 0 saturated carbocycles. The van der Waals surface area contributed by atoms with Crippen LogP contribution in [0.3, 0.4) is 0 Å². The Morgan fingerprint density at radius 3 is 2.86 bits per heavy atom. The Morgan fingerprint density at radius 2 is 2.11 bits per heavy atom. The molecule has 0 aliphatic heterocycles. The molecule has 6 heteroatoms. The van der Waals surface area contributed by atoms with E-state index in [9.17, 15) is 4.79 Å². The second-order valence-electron chi connectivity index (χ2n) is 6.81. The third-order valence-electron chi connectivity index (χ3n) is 5.05. The summed E-state index contributed by atoms with van der Waals surface area (Å²) in [4.78, 5) is 12.1. The summed E-state index contributed by atoms with van der Waals surface area (Å²) in [5.41, 5.74) is 4.72. The highest BCUT2D eigenvalue weighted by molar-refractivity contribution is 7.80. The largest absolute Gasteiger partial charge is 0.497 e. The maximum atomic E-state index is 12.1. The first-order valence-electron chi connectivity index (χ1n) is 9.54. The molecule has 0 saturated heterocycles. The zero-order chi connectivity index (χ0) is 20.1. The van der Waals surface area contributed by atoms with Crippen LogP contribution >= 0.6 is 12.2 Å². The molecule has 0 spiro atoms. The second-order valence-corrected chi connectivity index (χ2v) is 7.21. The molecule has 3 rings (SSSR count). The third kappa shape index (κ3) is 4.44. The standard InChI is InChI=1S/C22H26N2O3S/c1-4-27-21(25)17-8-6-9-19(14(17)2)23-22(28)24-20-10-5-7-15-13-16(26-3)11-12-18(15)20/h6,8-9,11-13,20H,4-5,7,10H2,1-3H3,(H2,23,24,28). The first-order valence-corrected chi connectivity index (χ1v) is 9.95. The number of thiocarbonyl (C=S) groups is 1. The van der Waals surface area contributed by atoms with E-state index in [0.29, 0.717) is 17.3 Å². The van der Waals surface area contributed by atoms with E-state index < -0.39 is 0 Å². The lowest BCUT2D eigenvalue weighted by molar-refractivity contribution is 0.0525. The van der Waals surface area contributed by atoms with Crippen molar-refractivity contribution in [2.45, 2.75) is 39.2 Å². The first-order chi connectivity index (χ1) is 13.5. The lowest BCUT2D eigenvalue weighted by atomic mass is 9.87. The van der Waals surface area contributed by atoms with Crippen LogP contribution in [-0.4, -0.2) is 24.8 Å². The molecule has 0 bridgehead atoms. The zero-order valence-corrected chi connectivity index (χ0v) is 17.3. The van der Waals surface area contributed by atoms with Gasteiger partial charge < -0.3 is 20.1 Å². The number of aryl methyl sites for hydroxylation is 1. The molecule has 1 aliphatic carbocycles. The lowest BCUT2D eigenvalue weighted by Gasteiger charge is -2.28. The van der Waals surface area contributed by atoms with Crippen molar-refractivity contribution in [3.63, 3.8) is 0 Å². The van der Waals surface area contributed by atoms with Gasteiger partial charge in [0.15, 0.2) is 5.11 Å². The molecule has 0 amide bonds. The van der Waals surface area contributed by atoms with Crippen LogP contribution in [-0.2, 0) is 11.2 Å². The number of benzene rings is 2. The van der Waals surface area contributed by atoms with Gasteiger partial charge in [-0.05, 0) is 86.3 Å². The highest BCUT2D eigenvalue weighted by Crippen LogP contribution is 2.32. The molecule has 28 heavy (non-hydrogen) atoms. The van der Waals surface area contributed by atoms with Crippen molar-refractivity contribution in [1.82, 2.24) is 5.32 Å². The SMILES string of the molecule is CCOC(=O)c1cccc(NC(=S)NC2CCCc3cc(OC)ccc32)c1C. The fourth-order valence-corrected chi connectivity index (χ4v) is 3.84. The summed E-state index contributed by atoms with van der Waals surface area (Å²) in [6, 6.07) is 11.9. The number of hydrogen-bond acceptors (Lipinski definition) is 4. The van der Waals surface area contributed by atoms with Crippen molar-refractivity contribution < 1.29 is 14.3 Å². The molecule has 1 unspecified atom stereocenters. The van der Waals surface area contributed by atoms with Crippen LogP contribution in [0.2, 0.25) is 0 Å². The van der Waals surface area contributed by atoms with E-state index in [-0.39, 0.29) is 12.0 Å². The van der Waals surface area contributed by atoms with Crippen LogP contribution < -0.4 is 15.4 Å². The molecule has 0 radical (unpaired) electrons. The van der Waals surface area contributed by atoms with Crippen LogP contribution in [0.5, 0.6) is 5.75 Å². The molecule has 2 aromatic carbocycles. The van der Waals surface area contributed by atoms with Crippen LogP contribution in [0.4, 0.5) is 5.69 Å². The van der Waals surface area contributed by atoms with Gasteiger partial charge in [-0.2, -0.15) is 0 Å². The predicted octanol–water partition coefficient (Wildman–Crippen LogP) is 4.54. The van der Waals surface area contributed by atoms with Crippen molar-refractivity contribution >= 4 is 29.0 Å². The average Bonchev–Trinajstić information content (AvgIpc) is 2.69. The van der Waals surface area contributed by atoms with Gasteiger partial charge in [-0.1, -0.05) is 12.1 Å². The maximum absolute atomic E-state index is 12.1. The number of carbonyl (C=O) groups excluding carboxylic acids is 1. The molecule has 5 nitrogen and oxygen atoms in total. The summed E-state index contributed by atoms with van der Waals surface area (Å²) in [5.74, 6) is 0.559. The highest BCUT2D eigenvalue weighted by atomic mass is 32.1. The number of anilines is 1. The Balaban J connectivity index is 1.72. The van der Waals surface area contributed by atoms with Crippen LogP contribution in [0.25, 0.3) is 0 Å². The van der Waals surface area contributed by atoms with E-state index in [1.165, 1.54) is 11.1 Å². The van der Waals surface area contributed by atoms with Gasteiger partial charge in [0.05, 0.1) is 25.3 Å². The van der Waals surface area contributed by atoms with Gasteiger partial charge in [0, 0.05) is 5.69 Å². The molecule has 0 heterocycles. The van der Waals surface area contributed by atoms with E-state index >= 15 is 0 Å². The Bertz CT molecular complexity index is 882. The Morgan fingerprint density at radius 1 is 1.29 bits per heavy atom. The fraction of sp³-hybridized carbons (Fsp3) is 0.364. The van der Waals surface area contributed by atoms with Crippen molar-refractivity contribution in [2.24, 2.45) is 0 Å². The zero-order valence-electron chi connectivity index (χ0n) is 16.5. The fourth-order valence-electron chi connectivity index (χ4n) is 3.59. The van der Waals surface area contributed by atoms with Crippen molar-refractivity contribution in [3.8, 4) is 5.75 Å². The van der Waals surface area contributed by atoms with Crippen LogP contribution in [0.1, 0.15) is 52.9 Å². The molecule has 148 valence electrons. The average molecular weight is 399 g/mol. The Kier molecular flexibility index (Phi) is 6.52. The summed E-state index contributed by atoms with van der Waals surface area (Å²) in [7, 11) is 1.69. The molecule has 1 aliphatic rings. The van der Waals surface area contributed by atoms with E-state index in [1.807, 2.05) is 25.1 Å². The minimum absolute atomic E-state index is 0.156. The predicted molar refractivity (Wildman–Crippen MR) is 115 cm³/mol. The van der Waals surface area contributed by atoms with Gasteiger partial charge in [-0.25, -0.2) is 4.79 Å². The number of rotatable bonds is 5. The number of ether oxygens (including phenoxy) is 2. The van der Waals surface area contributed by atoms with Gasteiger partial charge in [0.2, 0.25) is 0 Å². The van der Waals surface area contributed by atoms with Gasteiger partial charge >= 0.3 is 5.97 Å². The number of methoxy groups -OCH3 is 1. The molecule has 0 aromatic heterocycles. The number of hydrogen-bond donors (Lipinski definition) is 2. The van der Waals surface area contributed by atoms with Gasteiger partial charge in [0.25, 0.3) is 0 Å². The van der Waals surface area contributed by atoms with Gasteiger partial charge in [-0.15, -0.1) is 0 Å². The van der Waals surface area contributed by atoms with Crippen molar-refractivity contribution in [2.75, 3.05) is 19.0 Å². The van der Waals surface area contributed by atoms with Gasteiger partial charge in [-0.3, -0.25) is 0 Å². The van der Waals surface area contributed by atoms with Crippen LogP contribution in [0, 0.1) is 6.92 Å². The van der Waals surface area contributed by atoms with Crippen molar-refractivity contribution in [1.29, 1.82) is 0 Å². The van der Waals surface area contributed by atoms with E-state index in [2.05, 4.69) is 22.8 Å². The number of fused-ring (bicyclic) bond motifs is 1. The second kappa shape index (κ2) is 9.06. The Hall–Kier alpha value is -2.60. The summed E-state index contributed by atoms with van der Waals surface area (Å²) >= 11 is 5.55. The normalized spacial score (nSPS) is 15.3. The van der Waals surface area contributed by atoms with E-state index in [1.54, 1.807) is 20.1 Å². The van der Waals surface area contributed by atoms with Crippen LogP contribution in [0.15, 0.2) is 36.4 Å². The molecule has 2 aromatic rings. The van der Waals surface area contributed by atoms with Gasteiger partial charge in [0.1, 0.15) is 5.75 Å². The lowest BCUT2D eigenvalue weighted by Crippen LogP contribution is -2.34. The quantitative estimate of drug-likeness (QED) is 0.569. The Labute approximate surface area is 171 Å². The molecule has 0 fully saturated rings. The molecular formula is C22H26N2O3S. The number of esters is 1. The minimum Gasteiger partial charge on any atom is -0.497 e. The topological polar surface area (TPSA) is 59.6 Å². The van der Waals surface area contributed by atoms with Crippen molar-refractivity contribution in [3.05, 3.63) is 58.7 Å². The van der Waals surface area contributed by atoms with E-state index in [4.69, 9.17) is 21.7 Å². The summed E-state index contributed by atoms with van der Waals surface area (Å²) in [6.45, 7) is 4.03. The maximum Gasteiger partial charge on any atom is 0.338 e. The summed E-state index contributed by atoms with van der Waals surface area (Å²) in [5, 5.41) is 7.20. The number of carbonyl (C=O) groups is 1. The van der Waals surface area contributed by atoms with E-state index in [0.717, 1.165) is 36.3 Å². The molecular weight excluding hydrogens is 372 g/mol. The minimum atomic E-state index is -0.322. The molecule has 1 atom stereocenters.